The molecule has 0 aromatic rings. The van der Waals surface area contributed by atoms with Crippen molar-refractivity contribution in [2.24, 2.45) is 0 Å². The molecule has 0 heterocycles. The molecular weight excluding hydrogens is 128 g/mol. The molecular formula is C8H10O2. The summed E-state index contributed by atoms with van der Waals surface area (Å²) in [5, 5.41) is 8.32. The van der Waals surface area contributed by atoms with Gasteiger partial charge in [0.2, 0.25) is 0 Å². The summed E-state index contributed by atoms with van der Waals surface area (Å²) >= 11 is 0. The molecule has 0 rings (SSSR count). The number of carboxylic acid groups (broad SMARTS) is 1. The molecule has 0 fully saturated rings. The van der Waals surface area contributed by atoms with Crippen molar-refractivity contribution in [3.05, 3.63) is 37.0 Å². The fourth-order valence-electron chi connectivity index (χ4n) is 0.525. The molecule has 0 atom stereocenters. The number of allylic oxidation sites excluding steroid dienone is 3. The number of rotatable bonds is 4. The van der Waals surface area contributed by atoms with E-state index in [1.807, 2.05) is 0 Å². The molecule has 0 radical (unpaired) electrons. The fourth-order valence-corrected chi connectivity index (χ4v) is 0.525. The molecule has 0 bridgehead atoms. The third kappa shape index (κ3) is 3.66. The third-order valence-electron chi connectivity index (χ3n) is 0.949. The van der Waals surface area contributed by atoms with Crippen LogP contribution in [-0.2, 0) is 4.79 Å². The minimum absolute atomic E-state index is 0.00944. The normalized spacial score (nSPS) is 10.6. The van der Waals surface area contributed by atoms with E-state index in [2.05, 4.69) is 13.2 Å². The first-order valence-electron chi connectivity index (χ1n) is 2.86. The number of carbonyl (C=O) groups is 1. The van der Waals surface area contributed by atoms with Crippen LogP contribution in [-0.4, -0.2) is 11.1 Å². The molecule has 0 aromatic heterocycles. The molecule has 0 unspecified atom stereocenters. The lowest BCUT2D eigenvalue weighted by Gasteiger charge is -1.92. The summed E-state index contributed by atoms with van der Waals surface area (Å²) in [5.74, 6) is -0.854. The lowest BCUT2D eigenvalue weighted by atomic mass is 10.2. The first kappa shape index (κ1) is 8.69. The highest BCUT2D eigenvalue weighted by Crippen LogP contribution is 2.01. The van der Waals surface area contributed by atoms with Crippen molar-refractivity contribution in [2.45, 2.75) is 6.42 Å². The van der Waals surface area contributed by atoms with E-state index in [-0.39, 0.29) is 6.42 Å². The maximum atomic E-state index is 10.1. The maximum Gasteiger partial charge on any atom is 0.307 e. The second-order valence-electron chi connectivity index (χ2n) is 1.75. The largest absolute Gasteiger partial charge is 0.481 e. The van der Waals surface area contributed by atoms with E-state index in [1.54, 1.807) is 12.2 Å². The summed E-state index contributed by atoms with van der Waals surface area (Å²) in [4.78, 5) is 10.1. The number of carboxylic acids is 1. The Morgan fingerprint density at radius 3 is 2.40 bits per heavy atom. The maximum absolute atomic E-state index is 10.1. The lowest BCUT2D eigenvalue weighted by molar-refractivity contribution is -0.136. The van der Waals surface area contributed by atoms with Crippen LogP contribution in [0.4, 0.5) is 0 Å². The number of hydrogen-bond acceptors (Lipinski definition) is 1. The van der Waals surface area contributed by atoms with Crippen LogP contribution >= 0.6 is 0 Å². The van der Waals surface area contributed by atoms with Crippen molar-refractivity contribution >= 4 is 5.97 Å². The van der Waals surface area contributed by atoms with Gasteiger partial charge in [-0.05, 0) is 5.57 Å². The Labute approximate surface area is 60.2 Å². The highest BCUT2D eigenvalue weighted by molar-refractivity contribution is 5.71. The van der Waals surface area contributed by atoms with E-state index in [9.17, 15) is 4.79 Å². The molecule has 0 saturated heterocycles. The molecule has 0 aliphatic carbocycles. The summed E-state index contributed by atoms with van der Waals surface area (Å²) in [6, 6.07) is 0. The van der Waals surface area contributed by atoms with Crippen molar-refractivity contribution in [1.82, 2.24) is 0 Å². The molecule has 2 heteroatoms. The molecule has 0 aromatic carbocycles. The van der Waals surface area contributed by atoms with Gasteiger partial charge in [0.25, 0.3) is 0 Å². The van der Waals surface area contributed by atoms with Gasteiger partial charge in [0.1, 0.15) is 0 Å². The Morgan fingerprint density at radius 2 is 2.10 bits per heavy atom. The summed E-state index contributed by atoms with van der Waals surface area (Å²) in [6.07, 6.45) is 4.69. The average molecular weight is 138 g/mol. The molecule has 2 nitrogen and oxygen atoms in total. The first-order chi connectivity index (χ1) is 4.70. The summed E-state index contributed by atoms with van der Waals surface area (Å²) in [7, 11) is 0. The van der Waals surface area contributed by atoms with Crippen LogP contribution in [0, 0.1) is 0 Å². The van der Waals surface area contributed by atoms with Crippen molar-refractivity contribution in [3.8, 4) is 0 Å². The van der Waals surface area contributed by atoms with Gasteiger partial charge in [-0.25, -0.2) is 0 Å². The predicted molar refractivity (Wildman–Crippen MR) is 40.7 cm³/mol. The molecule has 0 aliphatic rings. The van der Waals surface area contributed by atoms with E-state index in [1.165, 1.54) is 6.08 Å². The zero-order valence-electron chi connectivity index (χ0n) is 5.71. The molecule has 0 aliphatic heterocycles. The van der Waals surface area contributed by atoms with E-state index in [0.717, 1.165) is 0 Å². The van der Waals surface area contributed by atoms with Gasteiger partial charge in [-0.15, -0.1) is 0 Å². The fraction of sp³-hybridized carbons (Fsp3) is 0.125. The highest BCUT2D eigenvalue weighted by Gasteiger charge is 1.97. The van der Waals surface area contributed by atoms with Crippen LogP contribution in [0.5, 0.6) is 0 Å². The highest BCUT2D eigenvalue weighted by atomic mass is 16.4. The van der Waals surface area contributed by atoms with Crippen molar-refractivity contribution in [2.75, 3.05) is 0 Å². The van der Waals surface area contributed by atoms with Crippen LogP contribution < -0.4 is 0 Å². The lowest BCUT2D eigenvalue weighted by Crippen LogP contribution is -1.94. The van der Waals surface area contributed by atoms with E-state index >= 15 is 0 Å². The van der Waals surface area contributed by atoms with Crippen molar-refractivity contribution < 1.29 is 9.90 Å². The predicted octanol–water partition coefficient (Wildman–Crippen LogP) is 1.76. The van der Waals surface area contributed by atoms with Gasteiger partial charge in [0.05, 0.1) is 6.42 Å². The third-order valence-corrected chi connectivity index (χ3v) is 0.949. The Bertz CT molecular complexity index is 178. The topological polar surface area (TPSA) is 37.3 Å². The zero-order chi connectivity index (χ0) is 7.98. The molecule has 0 saturated carbocycles. The second kappa shape index (κ2) is 4.56. The number of hydrogen-bond donors (Lipinski definition) is 1. The Balaban J connectivity index is 4.08. The van der Waals surface area contributed by atoms with Crippen LogP contribution in [0.1, 0.15) is 6.42 Å². The quantitative estimate of drug-likeness (QED) is 0.601. The molecule has 54 valence electrons. The summed E-state index contributed by atoms with van der Waals surface area (Å²) in [5.41, 5.74) is 0.669. The van der Waals surface area contributed by atoms with Crippen LogP contribution in [0.15, 0.2) is 37.0 Å². The van der Waals surface area contributed by atoms with Crippen molar-refractivity contribution in [1.29, 1.82) is 0 Å². The van der Waals surface area contributed by atoms with Gasteiger partial charge in [-0.3, -0.25) is 4.79 Å². The minimum Gasteiger partial charge on any atom is -0.481 e. The summed E-state index contributed by atoms with van der Waals surface area (Å²) < 4.78 is 0. The molecule has 1 N–H and O–H groups in total. The van der Waals surface area contributed by atoms with E-state index in [0.29, 0.717) is 5.57 Å². The second-order valence-corrected chi connectivity index (χ2v) is 1.75. The average Bonchev–Trinajstić information content (AvgIpc) is 1.86. The van der Waals surface area contributed by atoms with E-state index in [4.69, 9.17) is 5.11 Å². The standard InChI is InChI=1S/C8H10O2/c1-3-5-7(4-2)6-8(9)10/h3-5H,1-2,6H2,(H,9,10). The Kier molecular flexibility index (Phi) is 3.96. The monoisotopic (exact) mass is 138 g/mol. The van der Waals surface area contributed by atoms with Crippen molar-refractivity contribution in [3.63, 3.8) is 0 Å². The molecule has 0 spiro atoms. The van der Waals surface area contributed by atoms with Gasteiger partial charge in [-0.2, -0.15) is 0 Å². The zero-order valence-corrected chi connectivity index (χ0v) is 5.71. The first-order valence-corrected chi connectivity index (χ1v) is 2.86. The van der Waals surface area contributed by atoms with Gasteiger partial charge in [0.15, 0.2) is 0 Å². The van der Waals surface area contributed by atoms with E-state index < -0.39 is 5.97 Å². The minimum atomic E-state index is -0.854. The van der Waals surface area contributed by atoms with Crippen LogP contribution in [0.3, 0.4) is 0 Å². The van der Waals surface area contributed by atoms with Crippen LogP contribution in [0.2, 0.25) is 0 Å². The van der Waals surface area contributed by atoms with Gasteiger partial charge in [-0.1, -0.05) is 31.4 Å². The Morgan fingerprint density at radius 1 is 1.50 bits per heavy atom. The Hall–Kier alpha value is -1.31. The number of aliphatic carboxylic acids is 1. The SMILES string of the molecule is C=CC=C(C=C)CC(=O)O. The summed E-state index contributed by atoms with van der Waals surface area (Å²) in [6.45, 7) is 6.89. The molecule has 10 heavy (non-hydrogen) atoms. The van der Waals surface area contributed by atoms with Gasteiger partial charge >= 0.3 is 5.97 Å². The van der Waals surface area contributed by atoms with Gasteiger partial charge < -0.3 is 5.11 Å². The van der Waals surface area contributed by atoms with Crippen LogP contribution in [0.25, 0.3) is 0 Å². The molecule has 0 amide bonds. The smallest absolute Gasteiger partial charge is 0.307 e. The van der Waals surface area contributed by atoms with Gasteiger partial charge in [0, 0.05) is 0 Å².